The van der Waals surface area contributed by atoms with E-state index in [9.17, 15) is 4.79 Å². The van der Waals surface area contributed by atoms with Crippen molar-refractivity contribution in [1.29, 1.82) is 0 Å². The summed E-state index contributed by atoms with van der Waals surface area (Å²) in [4.78, 5) is 21.5. The van der Waals surface area contributed by atoms with Gasteiger partial charge in [0.15, 0.2) is 0 Å². The zero-order valence-corrected chi connectivity index (χ0v) is 36.3. The standard InChI is InChI=1S/C49H77N3O3S/c1-3-4-5-6-7-8-9-10-11-12-13-14-15-16-17-18-26-56-27-23-41-36-52-25-22-40(41)31-46(52)47(43-21-24-50-45-20-19-42(54-2)32-44(43)45)55-48(53)51-49-33-37-28-38(34-49)30-39(29-37)35-49/h19-21,24,32,37-41,46-47H,3-18,22-23,25-31,33-36H2,1-2H3,(H,51,53)/t37?,38?,39?,40-,41-,46+,47-,49?/m0/s1. The molecule has 7 fully saturated rings. The van der Waals surface area contributed by atoms with E-state index in [0.29, 0.717) is 5.92 Å². The maximum absolute atomic E-state index is 14.1. The van der Waals surface area contributed by atoms with Gasteiger partial charge in [0.05, 0.1) is 18.7 Å². The molecule has 1 aromatic carbocycles. The van der Waals surface area contributed by atoms with E-state index in [4.69, 9.17) is 14.5 Å². The molecule has 0 radical (unpaired) electrons. The summed E-state index contributed by atoms with van der Waals surface area (Å²) in [6.45, 7) is 4.52. The lowest BCUT2D eigenvalue weighted by Gasteiger charge is -2.56. The third-order valence-corrected chi connectivity index (χ3v) is 16.1. The van der Waals surface area contributed by atoms with E-state index in [2.05, 4.69) is 41.0 Å². The second kappa shape index (κ2) is 21.3. The normalized spacial score (nSPS) is 29.5. The summed E-state index contributed by atoms with van der Waals surface area (Å²) < 4.78 is 12.4. The van der Waals surface area contributed by atoms with Crippen molar-refractivity contribution in [1.82, 2.24) is 15.2 Å². The molecule has 56 heavy (non-hydrogen) atoms. The number of ether oxygens (including phenoxy) is 2. The number of piperidine rings is 3. The van der Waals surface area contributed by atoms with Crippen LogP contribution in [0.25, 0.3) is 10.9 Å². The minimum Gasteiger partial charge on any atom is -0.497 e. The third-order valence-electron chi connectivity index (χ3n) is 15.0. The average Bonchev–Trinajstić information content (AvgIpc) is 3.20. The van der Waals surface area contributed by atoms with Crippen LogP contribution in [0.5, 0.6) is 5.75 Å². The predicted molar refractivity (Wildman–Crippen MR) is 235 cm³/mol. The van der Waals surface area contributed by atoms with Crippen molar-refractivity contribution in [2.24, 2.45) is 29.6 Å². The molecule has 1 unspecified atom stereocenters. The van der Waals surface area contributed by atoms with Crippen LogP contribution in [0.3, 0.4) is 0 Å². The largest absolute Gasteiger partial charge is 0.497 e. The summed E-state index contributed by atoms with van der Waals surface area (Å²) in [5.41, 5.74) is 1.92. The van der Waals surface area contributed by atoms with Crippen molar-refractivity contribution in [2.75, 3.05) is 31.7 Å². The van der Waals surface area contributed by atoms with Crippen molar-refractivity contribution in [3.05, 3.63) is 36.0 Å². The maximum Gasteiger partial charge on any atom is 0.408 e. The minimum absolute atomic E-state index is 0.0687. The number of amides is 1. The smallest absolute Gasteiger partial charge is 0.408 e. The van der Waals surface area contributed by atoms with Gasteiger partial charge in [0.2, 0.25) is 0 Å². The van der Waals surface area contributed by atoms with Crippen molar-refractivity contribution in [3.63, 3.8) is 0 Å². The van der Waals surface area contributed by atoms with Crippen LogP contribution in [0.15, 0.2) is 30.5 Å². The number of hydrogen-bond donors (Lipinski definition) is 1. The predicted octanol–water partition coefficient (Wildman–Crippen LogP) is 13.1. The van der Waals surface area contributed by atoms with Crippen molar-refractivity contribution < 1.29 is 14.3 Å². The fourth-order valence-electron chi connectivity index (χ4n) is 12.4. The van der Waals surface area contributed by atoms with Crippen molar-refractivity contribution in [2.45, 2.75) is 185 Å². The molecule has 4 heterocycles. The molecular weight excluding hydrogens is 711 g/mol. The third kappa shape index (κ3) is 11.4. The molecule has 4 aliphatic carbocycles. The lowest BCUT2D eigenvalue weighted by Crippen LogP contribution is -2.60. The molecule has 3 saturated heterocycles. The van der Waals surface area contributed by atoms with E-state index in [1.807, 2.05) is 18.3 Å². The van der Waals surface area contributed by atoms with Crippen LogP contribution in [0.2, 0.25) is 0 Å². The maximum atomic E-state index is 14.1. The van der Waals surface area contributed by atoms with Crippen LogP contribution >= 0.6 is 11.8 Å². The van der Waals surface area contributed by atoms with E-state index in [0.717, 1.165) is 84.7 Å². The Morgan fingerprint density at radius 1 is 0.839 bits per heavy atom. The van der Waals surface area contributed by atoms with Gasteiger partial charge < -0.3 is 14.8 Å². The summed E-state index contributed by atoms with van der Waals surface area (Å²) in [6, 6.07) is 8.37. The van der Waals surface area contributed by atoms with E-state index >= 15 is 0 Å². The second-order valence-corrected chi connectivity index (χ2v) is 20.5. The number of carbonyl (C=O) groups is 1. The Labute approximate surface area is 345 Å². The number of hydrogen-bond acceptors (Lipinski definition) is 6. The zero-order valence-electron chi connectivity index (χ0n) is 35.5. The van der Waals surface area contributed by atoms with E-state index in [1.54, 1.807) is 7.11 Å². The lowest BCUT2D eigenvalue weighted by molar-refractivity contribution is -0.0661. The molecular formula is C49H77N3O3S. The first-order valence-corrected chi connectivity index (χ1v) is 24.9. The monoisotopic (exact) mass is 788 g/mol. The number of rotatable bonds is 25. The number of fused-ring (bicyclic) bond motifs is 4. The summed E-state index contributed by atoms with van der Waals surface area (Å²) in [7, 11) is 1.72. The number of nitrogens with zero attached hydrogens (tertiary/aromatic N) is 2. The molecule has 6 nitrogen and oxygen atoms in total. The molecule has 6 bridgehead atoms. The van der Waals surface area contributed by atoms with Gasteiger partial charge in [-0.3, -0.25) is 9.88 Å². The van der Waals surface area contributed by atoms with Gasteiger partial charge in [0.1, 0.15) is 11.9 Å². The number of carbonyl (C=O) groups excluding carboxylic acids is 1. The highest BCUT2D eigenvalue weighted by Gasteiger charge is 2.52. The molecule has 7 heteroatoms. The van der Waals surface area contributed by atoms with Gasteiger partial charge in [0.25, 0.3) is 0 Å². The second-order valence-electron chi connectivity index (χ2n) is 19.2. The van der Waals surface area contributed by atoms with Gasteiger partial charge in [-0.05, 0) is 136 Å². The summed E-state index contributed by atoms with van der Waals surface area (Å²) in [5.74, 6) is 7.17. The van der Waals surface area contributed by atoms with Crippen LogP contribution in [0.1, 0.15) is 179 Å². The van der Waals surface area contributed by atoms with Crippen LogP contribution in [0.4, 0.5) is 4.79 Å². The van der Waals surface area contributed by atoms with Crippen LogP contribution in [-0.4, -0.2) is 59.3 Å². The molecule has 0 spiro atoms. The van der Waals surface area contributed by atoms with Gasteiger partial charge in [-0.25, -0.2) is 4.79 Å². The minimum atomic E-state index is -0.338. The molecule has 7 aliphatic rings. The first-order valence-electron chi connectivity index (χ1n) is 23.8. The number of unbranched alkanes of at least 4 members (excludes halogenated alkanes) is 15. The highest BCUT2D eigenvalue weighted by molar-refractivity contribution is 7.99. The molecule has 1 amide bonds. The number of methoxy groups -OCH3 is 1. The number of benzene rings is 1. The molecule has 9 rings (SSSR count). The number of pyridine rings is 1. The fourth-order valence-corrected chi connectivity index (χ4v) is 13.5. The highest BCUT2D eigenvalue weighted by atomic mass is 32.2. The molecule has 312 valence electrons. The number of alkyl carbamates (subject to hydrolysis) is 1. The first-order chi connectivity index (χ1) is 27.5. The average molecular weight is 788 g/mol. The Bertz CT molecular complexity index is 1460. The fraction of sp³-hybridized carbons (Fsp3) is 0.796. The van der Waals surface area contributed by atoms with Gasteiger partial charge in [-0.2, -0.15) is 11.8 Å². The molecule has 5 atom stereocenters. The van der Waals surface area contributed by atoms with Gasteiger partial charge in [0, 0.05) is 29.2 Å². The van der Waals surface area contributed by atoms with Crippen LogP contribution in [0, 0.1) is 29.6 Å². The van der Waals surface area contributed by atoms with Crippen molar-refractivity contribution >= 4 is 28.8 Å². The van der Waals surface area contributed by atoms with Gasteiger partial charge >= 0.3 is 6.09 Å². The SMILES string of the molecule is CCCCCCCCCCCCCCCCCCSCC[C@H]1CN2CC[C@H]1C[C@@H]2[C@@H](OC(=O)NC12CC3CC(CC(C3)C1)C2)c1ccnc2ccc(OC)cc12. The zero-order chi connectivity index (χ0) is 38.6. The van der Waals surface area contributed by atoms with Gasteiger partial charge in [-0.1, -0.05) is 103 Å². The quantitative estimate of drug-likeness (QED) is 0.101. The number of aromatic nitrogens is 1. The Hall–Kier alpha value is -1.99. The Balaban J connectivity index is 0.838. The van der Waals surface area contributed by atoms with Crippen LogP contribution in [-0.2, 0) is 4.74 Å². The summed E-state index contributed by atoms with van der Waals surface area (Å²) in [5, 5.41) is 4.57. The molecule has 4 saturated carbocycles. The number of nitrogens with one attached hydrogen (secondary N) is 1. The van der Waals surface area contributed by atoms with E-state index in [1.165, 1.54) is 146 Å². The highest BCUT2D eigenvalue weighted by Crippen LogP contribution is 2.56. The number of thioether (sulfide) groups is 1. The molecule has 3 aliphatic heterocycles. The Morgan fingerprint density at radius 3 is 2.05 bits per heavy atom. The van der Waals surface area contributed by atoms with Crippen molar-refractivity contribution in [3.8, 4) is 5.75 Å². The van der Waals surface area contributed by atoms with Crippen LogP contribution < -0.4 is 10.1 Å². The topological polar surface area (TPSA) is 63.7 Å². The lowest BCUT2D eigenvalue weighted by atomic mass is 9.53. The van der Waals surface area contributed by atoms with E-state index < -0.39 is 0 Å². The molecule has 1 N–H and O–H groups in total. The molecule has 2 aromatic rings. The first kappa shape index (κ1) is 42.1. The Morgan fingerprint density at radius 2 is 1.46 bits per heavy atom. The summed E-state index contributed by atoms with van der Waals surface area (Å²) >= 11 is 2.19. The van der Waals surface area contributed by atoms with Gasteiger partial charge in [-0.15, -0.1) is 0 Å². The van der Waals surface area contributed by atoms with E-state index in [-0.39, 0.29) is 23.8 Å². The molecule has 1 aromatic heterocycles. The summed E-state index contributed by atoms with van der Waals surface area (Å²) in [6.07, 6.45) is 35.4. The Kier molecular flexibility index (Phi) is 16.0.